The number of hydrogen-bond donors (Lipinski definition) is 1. The molecule has 1 saturated heterocycles. The Hall–Kier alpha value is -2.71. The van der Waals surface area contributed by atoms with Gasteiger partial charge in [-0.2, -0.15) is 4.39 Å². The zero-order valence-electron chi connectivity index (χ0n) is 11.4. The highest BCUT2D eigenvalue weighted by Gasteiger charge is 2.34. The number of benzene rings is 1. The Labute approximate surface area is 124 Å². The van der Waals surface area contributed by atoms with Crippen LogP contribution in [-0.4, -0.2) is 46.0 Å². The Morgan fingerprint density at radius 3 is 2.82 bits per heavy atom. The average Bonchev–Trinajstić information content (AvgIpc) is 2.94. The molecule has 0 aliphatic carbocycles. The zero-order chi connectivity index (χ0) is 16.3. The van der Waals surface area contributed by atoms with Crippen molar-refractivity contribution in [2.75, 3.05) is 13.2 Å². The molecule has 0 spiro atoms. The normalized spacial score (nSPS) is 17.3. The maximum absolute atomic E-state index is 13.4. The summed E-state index contributed by atoms with van der Waals surface area (Å²) in [5.74, 6) is -2.71. The minimum absolute atomic E-state index is 0.0393. The highest BCUT2D eigenvalue weighted by atomic mass is 19.1. The van der Waals surface area contributed by atoms with Crippen LogP contribution in [-0.2, 0) is 9.59 Å². The number of carboxylic acids is 1. The maximum atomic E-state index is 13.4. The van der Waals surface area contributed by atoms with Gasteiger partial charge in [-0.15, -0.1) is 0 Å². The highest BCUT2D eigenvalue weighted by Crippen LogP contribution is 2.23. The molecule has 22 heavy (non-hydrogen) atoms. The van der Waals surface area contributed by atoms with Crippen LogP contribution in [0.5, 0.6) is 5.75 Å². The molecular formula is C13H13FN2O6. The van der Waals surface area contributed by atoms with Gasteiger partial charge in [-0.1, -0.05) is 0 Å². The summed E-state index contributed by atoms with van der Waals surface area (Å²) in [7, 11) is 0. The third kappa shape index (κ3) is 3.30. The lowest BCUT2D eigenvalue weighted by molar-refractivity contribution is -0.387. The number of nitro benzene ring substituents is 1. The molecule has 1 amide bonds. The van der Waals surface area contributed by atoms with Crippen molar-refractivity contribution < 1.29 is 28.7 Å². The number of rotatable bonds is 5. The van der Waals surface area contributed by atoms with E-state index in [0.717, 1.165) is 12.1 Å². The van der Waals surface area contributed by atoms with E-state index in [1.54, 1.807) is 0 Å². The van der Waals surface area contributed by atoms with E-state index in [2.05, 4.69) is 0 Å². The number of carboxylic acid groups (broad SMARTS) is 1. The first kappa shape index (κ1) is 15.7. The topological polar surface area (TPSA) is 110 Å². The summed E-state index contributed by atoms with van der Waals surface area (Å²) in [6, 6.07) is 2.05. The van der Waals surface area contributed by atoms with Crippen molar-refractivity contribution in [3.63, 3.8) is 0 Å². The molecule has 0 saturated carbocycles. The third-order valence-corrected chi connectivity index (χ3v) is 3.34. The number of amides is 1. The summed E-state index contributed by atoms with van der Waals surface area (Å²) < 4.78 is 18.5. The molecule has 9 heteroatoms. The second-order valence-corrected chi connectivity index (χ2v) is 4.74. The lowest BCUT2D eigenvalue weighted by atomic mass is 10.2. The molecule has 1 atom stereocenters. The number of hydrogen-bond acceptors (Lipinski definition) is 5. The van der Waals surface area contributed by atoms with Gasteiger partial charge in [0.15, 0.2) is 6.61 Å². The van der Waals surface area contributed by atoms with E-state index in [-0.39, 0.29) is 5.75 Å². The van der Waals surface area contributed by atoms with Crippen molar-refractivity contribution >= 4 is 17.6 Å². The SMILES string of the molecule is O=C(O)[C@H]1CCCN1C(=O)COc1ccc([N+](=O)[O-])c(F)c1. The Balaban J connectivity index is 1.98. The first-order chi connectivity index (χ1) is 10.4. The van der Waals surface area contributed by atoms with Crippen LogP contribution < -0.4 is 4.74 Å². The number of ether oxygens (including phenoxy) is 1. The molecule has 1 aromatic carbocycles. The second-order valence-electron chi connectivity index (χ2n) is 4.74. The monoisotopic (exact) mass is 312 g/mol. The average molecular weight is 312 g/mol. The van der Waals surface area contributed by atoms with E-state index in [0.29, 0.717) is 19.4 Å². The Kier molecular flexibility index (Phi) is 4.54. The van der Waals surface area contributed by atoms with Crippen LogP contribution in [0.15, 0.2) is 18.2 Å². The van der Waals surface area contributed by atoms with Crippen molar-refractivity contribution in [3.8, 4) is 5.75 Å². The van der Waals surface area contributed by atoms with Gasteiger partial charge in [0.2, 0.25) is 5.82 Å². The van der Waals surface area contributed by atoms with Gasteiger partial charge < -0.3 is 14.7 Å². The summed E-state index contributed by atoms with van der Waals surface area (Å²) in [5, 5.41) is 19.5. The van der Waals surface area contributed by atoms with E-state index in [1.165, 1.54) is 11.0 Å². The smallest absolute Gasteiger partial charge is 0.326 e. The Bertz CT molecular complexity index is 621. The van der Waals surface area contributed by atoms with Crippen LogP contribution in [0, 0.1) is 15.9 Å². The number of aliphatic carboxylic acids is 1. The number of nitro groups is 1. The molecule has 8 nitrogen and oxygen atoms in total. The van der Waals surface area contributed by atoms with Crippen LogP contribution in [0.2, 0.25) is 0 Å². The Morgan fingerprint density at radius 1 is 1.50 bits per heavy atom. The molecule has 1 fully saturated rings. The fourth-order valence-corrected chi connectivity index (χ4v) is 2.28. The zero-order valence-corrected chi connectivity index (χ0v) is 11.4. The van der Waals surface area contributed by atoms with Gasteiger partial charge in [0, 0.05) is 18.7 Å². The molecular weight excluding hydrogens is 299 g/mol. The van der Waals surface area contributed by atoms with Crippen LogP contribution in [0.25, 0.3) is 0 Å². The van der Waals surface area contributed by atoms with Gasteiger partial charge in [0.05, 0.1) is 4.92 Å². The molecule has 2 rings (SSSR count). The highest BCUT2D eigenvalue weighted by molar-refractivity contribution is 5.85. The number of likely N-dealkylation sites (tertiary alicyclic amines) is 1. The summed E-state index contributed by atoms with van der Waals surface area (Å²) in [5.41, 5.74) is -0.691. The predicted octanol–water partition coefficient (Wildman–Crippen LogP) is 1.19. The molecule has 1 N–H and O–H groups in total. The minimum atomic E-state index is -1.08. The summed E-state index contributed by atoms with van der Waals surface area (Å²) >= 11 is 0. The third-order valence-electron chi connectivity index (χ3n) is 3.34. The van der Waals surface area contributed by atoms with Gasteiger partial charge in [0.25, 0.3) is 5.91 Å². The quantitative estimate of drug-likeness (QED) is 0.646. The van der Waals surface area contributed by atoms with Crippen molar-refractivity contribution in [2.24, 2.45) is 0 Å². The van der Waals surface area contributed by atoms with E-state index >= 15 is 0 Å². The van der Waals surface area contributed by atoms with Gasteiger partial charge in [-0.05, 0) is 18.9 Å². The van der Waals surface area contributed by atoms with E-state index < -0.39 is 41.0 Å². The van der Waals surface area contributed by atoms with Gasteiger partial charge in [-0.3, -0.25) is 14.9 Å². The van der Waals surface area contributed by atoms with Crippen molar-refractivity contribution in [2.45, 2.75) is 18.9 Å². The standard InChI is InChI=1S/C13H13FN2O6/c14-9-6-8(3-4-10(9)16(20)21)22-7-12(17)15-5-1-2-11(15)13(18)19/h3-4,6,11H,1-2,5,7H2,(H,18,19)/t11-/m1/s1. The van der Waals surface area contributed by atoms with Gasteiger partial charge in [0.1, 0.15) is 11.8 Å². The minimum Gasteiger partial charge on any atom is -0.484 e. The van der Waals surface area contributed by atoms with Crippen molar-refractivity contribution in [1.29, 1.82) is 0 Å². The summed E-state index contributed by atoms with van der Waals surface area (Å²) in [4.78, 5) is 33.7. The fourth-order valence-electron chi connectivity index (χ4n) is 2.28. The van der Waals surface area contributed by atoms with E-state index in [1.807, 2.05) is 0 Å². The molecule has 0 aromatic heterocycles. The lowest BCUT2D eigenvalue weighted by Gasteiger charge is -2.21. The van der Waals surface area contributed by atoms with Crippen molar-refractivity contribution in [1.82, 2.24) is 4.90 Å². The molecule has 1 aliphatic heterocycles. The molecule has 0 bridgehead atoms. The molecule has 1 aliphatic rings. The van der Waals surface area contributed by atoms with E-state index in [4.69, 9.17) is 9.84 Å². The summed E-state index contributed by atoms with van der Waals surface area (Å²) in [6.07, 6.45) is 0.974. The lowest BCUT2D eigenvalue weighted by Crippen LogP contribution is -2.42. The number of nitrogens with zero attached hydrogens (tertiary/aromatic N) is 2. The van der Waals surface area contributed by atoms with Crippen LogP contribution in [0.3, 0.4) is 0 Å². The van der Waals surface area contributed by atoms with Crippen molar-refractivity contribution in [3.05, 3.63) is 34.1 Å². The molecule has 0 radical (unpaired) electrons. The first-order valence-electron chi connectivity index (χ1n) is 6.49. The number of carbonyl (C=O) groups is 2. The number of halogens is 1. The second kappa shape index (κ2) is 6.37. The first-order valence-corrected chi connectivity index (χ1v) is 6.49. The molecule has 1 heterocycles. The van der Waals surface area contributed by atoms with Gasteiger partial charge in [-0.25, -0.2) is 4.79 Å². The maximum Gasteiger partial charge on any atom is 0.326 e. The Morgan fingerprint density at radius 2 is 2.23 bits per heavy atom. The van der Waals surface area contributed by atoms with E-state index in [9.17, 15) is 24.1 Å². The molecule has 0 unspecified atom stereocenters. The predicted molar refractivity (Wildman–Crippen MR) is 70.9 cm³/mol. The van der Waals surface area contributed by atoms with Crippen LogP contribution >= 0.6 is 0 Å². The summed E-state index contributed by atoms with van der Waals surface area (Å²) in [6.45, 7) is -0.130. The molecule has 1 aromatic rings. The molecule has 118 valence electrons. The fraction of sp³-hybridized carbons (Fsp3) is 0.385. The van der Waals surface area contributed by atoms with Crippen LogP contribution in [0.4, 0.5) is 10.1 Å². The van der Waals surface area contributed by atoms with Gasteiger partial charge >= 0.3 is 11.7 Å². The number of carbonyl (C=O) groups excluding carboxylic acids is 1. The largest absolute Gasteiger partial charge is 0.484 e. The van der Waals surface area contributed by atoms with Crippen LogP contribution in [0.1, 0.15) is 12.8 Å².